The number of nitrogens with one attached hydrogen (secondary N) is 1. The lowest BCUT2D eigenvalue weighted by Gasteiger charge is -2.30. The smallest absolute Gasteiger partial charge is 0.243 e. The molecule has 1 fully saturated rings. The molecule has 2 aliphatic heterocycles. The van der Waals surface area contributed by atoms with E-state index in [4.69, 9.17) is 10.2 Å². The number of carbonyl (C=O) groups is 1. The third-order valence-corrected chi connectivity index (χ3v) is 8.69. The average Bonchev–Trinajstić information content (AvgIpc) is 3.33. The second-order valence-electron chi connectivity index (χ2n) is 9.08. The fourth-order valence-corrected chi connectivity index (χ4v) is 6.23. The van der Waals surface area contributed by atoms with Crippen LogP contribution in [-0.2, 0) is 27.8 Å². The molecule has 1 N–H and O–H groups in total. The van der Waals surface area contributed by atoms with Crippen molar-refractivity contribution in [3.8, 4) is 17.3 Å². The molecule has 3 heterocycles. The van der Waals surface area contributed by atoms with Crippen molar-refractivity contribution < 1.29 is 13.2 Å². The number of sulfonamides is 1. The predicted octanol–water partition coefficient (Wildman–Crippen LogP) is 3.80. The van der Waals surface area contributed by atoms with Crippen molar-refractivity contribution in [3.05, 3.63) is 66.1 Å². The Bertz CT molecular complexity index is 1360. The molecule has 1 amide bonds. The lowest BCUT2D eigenvalue weighted by atomic mass is 9.97. The van der Waals surface area contributed by atoms with Crippen LogP contribution in [0.5, 0.6) is 0 Å². The minimum atomic E-state index is -3.65. The molecule has 0 unspecified atom stereocenters. The standard InChI is InChI=1S/C26H27N5O3S/c27-17-19-7-9-23(10-8-19)35(33,34)31-14-11-20(12-15-31)26(32)28-22-5-3-4-21(16-22)24-18-30-13-2-1-6-25(30)29-24/h3-5,7-10,16,18,20H,1-2,6,11-15H2,(H,28,32). The van der Waals surface area contributed by atoms with Crippen molar-refractivity contribution in [1.29, 1.82) is 5.26 Å². The second kappa shape index (κ2) is 9.64. The predicted molar refractivity (Wildman–Crippen MR) is 132 cm³/mol. The van der Waals surface area contributed by atoms with Crippen LogP contribution in [-0.4, -0.2) is 41.3 Å². The summed E-state index contributed by atoms with van der Waals surface area (Å²) < 4.78 is 29.5. The molecular weight excluding hydrogens is 462 g/mol. The number of nitrogens with zero attached hydrogens (tertiary/aromatic N) is 4. The van der Waals surface area contributed by atoms with Crippen molar-refractivity contribution in [3.63, 3.8) is 0 Å². The Labute approximate surface area is 205 Å². The molecule has 2 aliphatic rings. The summed E-state index contributed by atoms with van der Waals surface area (Å²) in [5, 5.41) is 11.9. The van der Waals surface area contributed by atoms with E-state index in [1.54, 1.807) is 0 Å². The van der Waals surface area contributed by atoms with Crippen LogP contribution in [0, 0.1) is 17.2 Å². The number of piperidine rings is 1. The molecule has 3 aromatic rings. The molecule has 0 spiro atoms. The highest BCUT2D eigenvalue weighted by Gasteiger charge is 2.32. The highest BCUT2D eigenvalue weighted by atomic mass is 32.2. The molecule has 0 radical (unpaired) electrons. The molecule has 2 aromatic carbocycles. The van der Waals surface area contributed by atoms with Crippen LogP contribution in [0.25, 0.3) is 11.3 Å². The van der Waals surface area contributed by atoms with Gasteiger partial charge in [-0.1, -0.05) is 12.1 Å². The first kappa shape index (κ1) is 23.3. The number of amides is 1. The maximum absolute atomic E-state index is 12.9. The molecular formula is C26H27N5O3S. The number of fused-ring (bicyclic) bond motifs is 1. The molecule has 1 aromatic heterocycles. The van der Waals surface area contributed by atoms with Gasteiger partial charge in [-0.25, -0.2) is 13.4 Å². The second-order valence-corrected chi connectivity index (χ2v) is 11.0. The molecule has 35 heavy (non-hydrogen) atoms. The Kier molecular flexibility index (Phi) is 6.41. The lowest BCUT2D eigenvalue weighted by Crippen LogP contribution is -2.41. The van der Waals surface area contributed by atoms with Gasteiger partial charge in [0.25, 0.3) is 0 Å². The fourth-order valence-electron chi connectivity index (χ4n) is 4.76. The number of rotatable bonds is 5. The van der Waals surface area contributed by atoms with Crippen molar-refractivity contribution in [1.82, 2.24) is 13.9 Å². The van der Waals surface area contributed by atoms with Gasteiger partial charge in [0.15, 0.2) is 0 Å². The van der Waals surface area contributed by atoms with Crippen molar-refractivity contribution in [2.75, 3.05) is 18.4 Å². The first-order chi connectivity index (χ1) is 16.9. The maximum Gasteiger partial charge on any atom is 0.243 e. The SMILES string of the molecule is N#Cc1ccc(S(=O)(=O)N2CCC(C(=O)Nc3cccc(-c4cn5c(n4)CCCC5)c3)CC2)cc1. The summed E-state index contributed by atoms with van der Waals surface area (Å²) in [5.41, 5.74) is 3.01. The third-order valence-electron chi connectivity index (χ3n) is 6.78. The molecule has 0 aliphatic carbocycles. The number of imidazole rings is 1. The Morgan fingerprint density at radius 2 is 1.83 bits per heavy atom. The number of benzene rings is 2. The summed E-state index contributed by atoms with van der Waals surface area (Å²) in [7, 11) is -3.65. The topological polar surface area (TPSA) is 108 Å². The van der Waals surface area contributed by atoms with Gasteiger partial charge in [0.05, 0.1) is 22.2 Å². The molecule has 5 rings (SSSR count). The Morgan fingerprint density at radius 3 is 2.54 bits per heavy atom. The van der Waals surface area contributed by atoms with Gasteiger partial charge < -0.3 is 9.88 Å². The van der Waals surface area contributed by atoms with Crippen LogP contribution in [0.4, 0.5) is 5.69 Å². The van der Waals surface area contributed by atoms with Crippen molar-refractivity contribution in [2.45, 2.75) is 43.5 Å². The van der Waals surface area contributed by atoms with Gasteiger partial charge in [-0.05, 0) is 62.1 Å². The largest absolute Gasteiger partial charge is 0.334 e. The Balaban J connectivity index is 1.21. The Morgan fingerprint density at radius 1 is 1.06 bits per heavy atom. The van der Waals surface area contributed by atoms with Gasteiger partial charge in [-0.2, -0.15) is 9.57 Å². The van der Waals surface area contributed by atoms with Crippen LogP contribution in [0.2, 0.25) is 0 Å². The molecule has 1 saturated heterocycles. The highest BCUT2D eigenvalue weighted by Crippen LogP contribution is 2.27. The minimum Gasteiger partial charge on any atom is -0.334 e. The van der Waals surface area contributed by atoms with Crippen LogP contribution >= 0.6 is 0 Å². The van der Waals surface area contributed by atoms with Gasteiger partial charge in [0.2, 0.25) is 15.9 Å². The van der Waals surface area contributed by atoms with Crippen LogP contribution in [0.3, 0.4) is 0 Å². The number of nitriles is 1. The molecule has 0 atom stereocenters. The molecule has 8 nitrogen and oxygen atoms in total. The summed E-state index contributed by atoms with van der Waals surface area (Å²) in [6.45, 7) is 1.56. The summed E-state index contributed by atoms with van der Waals surface area (Å²) in [5.74, 6) is 0.760. The monoisotopic (exact) mass is 489 g/mol. The molecule has 9 heteroatoms. The van der Waals surface area contributed by atoms with E-state index in [-0.39, 0.29) is 29.8 Å². The van der Waals surface area contributed by atoms with Gasteiger partial charge in [-0.15, -0.1) is 0 Å². The van der Waals surface area contributed by atoms with Crippen LogP contribution in [0.15, 0.2) is 59.6 Å². The first-order valence-electron chi connectivity index (χ1n) is 11.9. The normalized spacial score (nSPS) is 16.9. The number of anilines is 1. The van der Waals surface area contributed by atoms with Gasteiger partial charge in [0.1, 0.15) is 5.82 Å². The number of hydrogen-bond acceptors (Lipinski definition) is 5. The summed E-state index contributed by atoms with van der Waals surface area (Å²) in [4.78, 5) is 17.9. The zero-order valence-electron chi connectivity index (χ0n) is 19.4. The van der Waals surface area contributed by atoms with Crippen molar-refractivity contribution >= 4 is 21.6 Å². The van der Waals surface area contributed by atoms with E-state index in [9.17, 15) is 13.2 Å². The lowest BCUT2D eigenvalue weighted by molar-refractivity contribution is -0.120. The number of aromatic nitrogens is 2. The Hall–Kier alpha value is -3.48. The van der Waals surface area contributed by atoms with E-state index in [1.807, 2.05) is 30.3 Å². The van der Waals surface area contributed by atoms with E-state index in [0.717, 1.165) is 30.0 Å². The van der Waals surface area contributed by atoms with Crippen LogP contribution in [0.1, 0.15) is 37.1 Å². The maximum atomic E-state index is 12.9. The highest BCUT2D eigenvalue weighted by molar-refractivity contribution is 7.89. The molecule has 0 bridgehead atoms. The van der Waals surface area contributed by atoms with Crippen LogP contribution < -0.4 is 5.32 Å². The number of hydrogen-bond donors (Lipinski definition) is 1. The van der Waals surface area contributed by atoms with Gasteiger partial charge in [-0.3, -0.25) is 4.79 Å². The number of carbonyl (C=O) groups excluding carboxylic acids is 1. The van der Waals surface area contributed by atoms with Crippen molar-refractivity contribution in [2.24, 2.45) is 5.92 Å². The van der Waals surface area contributed by atoms with Gasteiger partial charge in [0, 0.05) is 49.4 Å². The summed E-state index contributed by atoms with van der Waals surface area (Å²) in [6.07, 6.45) is 6.33. The zero-order chi connectivity index (χ0) is 24.4. The minimum absolute atomic E-state index is 0.0956. The quantitative estimate of drug-likeness (QED) is 0.587. The summed E-state index contributed by atoms with van der Waals surface area (Å²) >= 11 is 0. The van der Waals surface area contributed by atoms with Gasteiger partial charge >= 0.3 is 0 Å². The van der Waals surface area contributed by atoms with E-state index >= 15 is 0 Å². The number of aryl methyl sites for hydroxylation is 2. The summed E-state index contributed by atoms with van der Waals surface area (Å²) in [6, 6.07) is 15.6. The molecule has 180 valence electrons. The van der Waals surface area contributed by atoms with E-state index in [1.165, 1.54) is 41.4 Å². The zero-order valence-corrected chi connectivity index (χ0v) is 20.2. The average molecular weight is 490 g/mol. The first-order valence-corrected chi connectivity index (χ1v) is 13.4. The van der Waals surface area contributed by atoms with E-state index in [0.29, 0.717) is 24.1 Å². The van der Waals surface area contributed by atoms with E-state index in [2.05, 4.69) is 16.1 Å². The molecule has 0 saturated carbocycles. The fraction of sp³-hybridized carbons (Fsp3) is 0.346. The third kappa shape index (κ3) is 4.85. The van der Waals surface area contributed by atoms with E-state index < -0.39 is 10.0 Å².